The molecule has 0 saturated carbocycles. The Kier molecular flexibility index (Phi) is 3.79. The maximum Gasteiger partial charge on any atom is 0.267 e. The fourth-order valence-electron chi connectivity index (χ4n) is 2.17. The van der Waals surface area contributed by atoms with E-state index in [-0.39, 0.29) is 21.9 Å². The Hall–Kier alpha value is -3.18. The fraction of sp³-hybridized carbons (Fsp3) is 0.0625. The molecular weight excluding hydrogens is 329 g/mol. The molecular formula is C16H12FN5OS. The number of nitrogens with two attached hydrogens (primary N) is 2. The Morgan fingerprint density at radius 2 is 2.12 bits per heavy atom. The van der Waals surface area contributed by atoms with Gasteiger partial charge < -0.3 is 16.8 Å². The Morgan fingerprint density at radius 3 is 2.79 bits per heavy atom. The van der Waals surface area contributed by atoms with Gasteiger partial charge in [0, 0.05) is 11.1 Å². The van der Waals surface area contributed by atoms with Crippen molar-refractivity contribution in [3.63, 3.8) is 0 Å². The lowest BCUT2D eigenvalue weighted by Crippen LogP contribution is -2.12. The molecule has 2 heterocycles. The molecule has 0 fully saturated rings. The van der Waals surface area contributed by atoms with Gasteiger partial charge in [0.2, 0.25) is 0 Å². The number of benzene rings is 1. The second kappa shape index (κ2) is 5.79. The van der Waals surface area contributed by atoms with Gasteiger partial charge in [0.1, 0.15) is 27.4 Å². The molecule has 0 aliphatic rings. The van der Waals surface area contributed by atoms with Crippen LogP contribution in [-0.2, 0) is 0 Å². The monoisotopic (exact) mass is 341 g/mol. The first-order chi connectivity index (χ1) is 11.4. The van der Waals surface area contributed by atoms with Crippen molar-refractivity contribution in [1.82, 2.24) is 4.98 Å². The number of nitrogen functional groups attached to an aromatic ring is 2. The minimum Gasteiger partial charge on any atom is -0.397 e. The Balaban J connectivity index is 1.99. The molecule has 0 unspecified atom stereocenters. The molecule has 0 radical (unpaired) electrons. The highest BCUT2D eigenvalue weighted by Crippen LogP contribution is 2.34. The van der Waals surface area contributed by atoms with E-state index in [0.29, 0.717) is 21.5 Å². The predicted molar refractivity (Wildman–Crippen MR) is 92.2 cm³/mol. The van der Waals surface area contributed by atoms with Crippen LogP contribution < -0.4 is 16.8 Å². The van der Waals surface area contributed by atoms with Crippen LogP contribution in [0.2, 0.25) is 0 Å². The van der Waals surface area contributed by atoms with Gasteiger partial charge in [-0.1, -0.05) is 6.07 Å². The molecule has 0 atom stereocenters. The summed E-state index contributed by atoms with van der Waals surface area (Å²) >= 11 is 1.06. The van der Waals surface area contributed by atoms with Crippen LogP contribution in [0, 0.1) is 24.1 Å². The number of nitrogens with one attached hydrogen (secondary N) is 1. The van der Waals surface area contributed by atoms with E-state index in [9.17, 15) is 9.18 Å². The highest BCUT2D eigenvalue weighted by Gasteiger charge is 2.19. The number of aryl methyl sites for hydroxylation is 1. The molecule has 1 aromatic carbocycles. The molecule has 8 heteroatoms. The van der Waals surface area contributed by atoms with Crippen LogP contribution in [0.15, 0.2) is 24.3 Å². The van der Waals surface area contributed by atoms with Crippen LogP contribution in [0.4, 0.5) is 21.6 Å². The normalized spacial score (nSPS) is 10.5. The molecule has 6 nitrogen and oxygen atoms in total. The van der Waals surface area contributed by atoms with E-state index >= 15 is 0 Å². The molecule has 2 aromatic heterocycles. The van der Waals surface area contributed by atoms with Gasteiger partial charge in [0.05, 0.1) is 11.3 Å². The number of carbonyl (C=O) groups excluding carboxylic acids is 1. The van der Waals surface area contributed by atoms with Crippen molar-refractivity contribution in [2.75, 3.05) is 16.8 Å². The first kappa shape index (κ1) is 15.7. The third-order valence-corrected chi connectivity index (χ3v) is 4.62. The summed E-state index contributed by atoms with van der Waals surface area (Å²) < 4.78 is 13.6. The SMILES string of the molecule is Cc1ccc(NC(=O)c2sc3nc(N)c(C#N)cc3c2N)cc1F. The van der Waals surface area contributed by atoms with E-state index < -0.39 is 11.7 Å². The average Bonchev–Trinajstić information content (AvgIpc) is 2.86. The van der Waals surface area contributed by atoms with Crippen LogP contribution in [0.5, 0.6) is 0 Å². The molecule has 0 aliphatic carbocycles. The standard InChI is InChI=1S/C16H12FN5OS/c1-7-2-3-9(5-11(7)17)21-15(23)13-12(19)10-4-8(6-18)14(20)22-16(10)24-13/h2-5H,19H2,1H3,(H2,20,22)(H,21,23). The Bertz CT molecular complexity index is 1020. The summed E-state index contributed by atoms with van der Waals surface area (Å²) in [4.78, 5) is 17.2. The molecule has 1 amide bonds. The molecule has 3 rings (SSSR count). The first-order valence-electron chi connectivity index (χ1n) is 6.86. The largest absolute Gasteiger partial charge is 0.397 e. The number of halogens is 1. The number of fused-ring (bicyclic) bond motifs is 1. The van der Waals surface area contributed by atoms with E-state index in [2.05, 4.69) is 10.3 Å². The predicted octanol–water partition coefficient (Wildman–Crippen LogP) is 3.03. The number of carbonyl (C=O) groups is 1. The maximum absolute atomic E-state index is 13.6. The van der Waals surface area contributed by atoms with Crippen LogP contribution in [0.1, 0.15) is 20.8 Å². The summed E-state index contributed by atoms with van der Waals surface area (Å²) in [7, 11) is 0. The quantitative estimate of drug-likeness (QED) is 0.662. The molecule has 0 aliphatic heterocycles. The van der Waals surface area contributed by atoms with Crippen molar-refractivity contribution >= 4 is 44.7 Å². The second-order valence-corrected chi connectivity index (χ2v) is 6.15. The molecule has 120 valence electrons. The van der Waals surface area contributed by atoms with Gasteiger partial charge in [-0.2, -0.15) is 5.26 Å². The Labute approximate surface area is 140 Å². The van der Waals surface area contributed by atoms with Crippen molar-refractivity contribution in [2.24, 2.45) is 0 Å². The number of aromatic nitrogens is 1. The number of hydrogen-bond donors (Lipinski definition) is 3. The number of pyridine rings is 1. The fourth-order valence-corrected chi connectivity index (χ4v) is 3.15. The van der Waals surface area contributed by atoms with Gasteiger partial charge in [-0.25, -0.2) is 9.37 Å². The number of hydrogen-bond acceptors (Lipinski definition) is 6. The van der Waals surface area contributed by atoms with E-state index in [0.717, 1.165) is 11.3 Å². The first-order valence-corrected chi connectivity index (χ1v) is 7.68. The van der Waals surface area contributed by atoms with E-state index in [4.69, 9.17) is 16.7 Å². The number of rotatable bonds is 2. The number of nitrogens with zero attached hydrogens (tertiary/aromatic N) is 2. The van der Waals surface area contributed by atoms with Crippen molar-refractivity contribution in [2.45, 2.75) is 6.92 Å². The zero-order chi connectivity index (χ0) is 17.4. The summed E-state index contributed by atoms with van der Waals surface area (Å²) in [5.41, 5.74) is 12.9. The number of thiophene rings is 1. The van der Waals surface area contributed by atoms with Crippen LogP contribution in [0.3, 0.4) is 0 Å². The smallest absolute Gasteiger partial charge is 0.267 e. The summed E-state index contributed by atoms with van der Waals surface area (Å²) in [6.45, 7) is 1.63. The minimum absolute atomic E-state index is 0.0822. The molecule has 24 heavy (non-hydrogen) atoms. The summed E-state index contributed by atoms with van der Waals surface area (Å²) in [6, 6.07) is 7.84. The highest BCUT2D eigenvalue weighted by atomic mass is 32.1. The van der Waals surface area contributed by atoms with Crippen molar-refractivity contribution in [1.29, 1.82) is 5.26 Å². The summed E-state index contributed by atoms with van der Waals surface area (Å²) in [5.74, 6) is -0.806. The lowest BCUT2D eigenvalue weighted by atomic mass is 10.2. The zero-order valence-corrected chi connectivity index (χ0v) is 13.4. The van der Waals surface area contributed by atoms with Gasteiger partial charge in [0.15, 0.2) is 0 Å². The molecule has 0 spiro atoms. The van der Waals surface area contributed by atoms with Crippen LogP contribution in [-0.4, -0.2) is 10.9 Å². The summed E-state index contributed by atoms with van der Waals surface area (Å²) in [5, 5.41) is 12.1. The van der Waals surface area contributed by atoms with Crippen molar-refractivity contribution < 1.29 is 9.18 Å². The molecule has 0 saturated heterocycles. The van der Waals surface area contributed by atoms with Gasteiger partial charge in [-0.05, 0) is 30.7 Å². The average molecular weight is 341 g/mol. The second-order valence-electron chi connectivity index (χ2n) is 5.15. The van der Waals surface area contributed by atoms with Crippen LogP contribution in [0.25, 0.3) is 10.2 Å². The van der Waals surface area contributed by atoms with Crippen molar-refractivity contribution in [3.8, 4) is 6.07 Å². The van der Waals surface area contributed by atoms with E-state index in [1.54, 1.807) is 19.1 Å². The summed E-state index contributed by atoms with van der Waals surface area (Å²) in [6.07, 6.45) is 0. The lowest BCUT2D eigenvalue weighted by molar-refractivity contribution is 0.103. The number of nitriles is 1. The topological polar surface area (TPSA) is 118 Å². The minimum atomic E-state index is -0.476. The van der Waals surface area contributed by atoms with Gasteiger partial charge in [0.25, 0.3) is 5.91 Å². The van der Waals surface area contributed by atoms with E-state index in [1.807, 2.05) is 6.07 Å². The van der Waals surface area contributed by atoms with Crippen molar-refractivity contribution in [3.05, 3.63) is 46.1 Å². The molecule has 5 N–H and O–H groups in total. The van der Waals surface area contributed by atoms with Crippen LogP contribution >= 0.6 is 11.3 Å². The number of anilines is 3. The van der Waals surface area contributed by atoms with Gasteiger partial charge >= 0.3 is 0 Å². The molecule has 3 aromatic rings. The molecule has 0 bridgehead atoms. The van der Waals surface area contributed by atoms with Gasteiger partial charge in [-0.3, -0.25) is 4.79 Å². The third kappa shape index (κ3) is 2.61. The third-order valence-electron chi connectivity index (χ3n) is 3.51. The maximum atomic E-state index is 13.6. The van der Waals surface area contributed by atoms with Gasteiger partial charge in [-0.15, -0.1) is 11.3 Å². The Morgan fingerprint density at radius 1 is 1.38 bits per heavy atom. The highest BCUT2D eigenvalue weighted by molar-refractivity contribution is 7.21. The van der Waals surface area contributed by atoms with E-state index in [1.165, 1.54) is 12.1 Å². The number of amides is 1. The zero-order valence-electron chi connectivity index (χ0n) is 12.6. The lowest BCUT2D eigenvalue weighted by Gasteiger charge is -2.05.